The van der Waals surface area contributed by atoms with Gasteiger partial charge in [-0.05, 0) is 57.2 Å². The van der Waals surface area contributed by atoms with E-state index < -0.39 is 0 Å². The molecule has 0 bridgehead atoms. The summed E-state index contributed by atoms with van der Waals surface area (Å²) in [6, 6.07) is 0. The van der Waals surface area contributed by atoms with Crippen LogP contribution in [-0.4, -0.2) is 25.0 Å². The zero-order chi connectivity index (χ0) is 13.4. The number of hydrogen-bond acceptors (Lipinski definition) is 1. The first-order valence-electron chi connectivity index (χ1n) is 8.33. The van der Waals surface area contributed by atoms with Crippen LogP contribution in [0.25, 0.3) is 0 Å². The van der Waals surface area contributed by atoms with Crippen molar-refractivity contribution in [2.45, 2.75) is 72.1 Å². The van der Waals surface area contributed by atoms with Gasteiger partial charge in [-0.3, -0.25) is 0 Å². The van der Waals surface area contributed by atoms with E-state index in [9.17, 15) is 0 Å². The topological polar surface area (TPSA) is 3.24 Å². The second kappa shape index (κ2) is 8.96. The highest BCUT2D eigenvalue weighted by Gasteiger charge is 2.28. The number of hydrogen-bond donors (Lipinski definition) is 0. The Morgan fingerprint density at radius 2 is 1.67 bits per heavy atom. The van der Waals surface area contributed by atoms with Gasteiger partial charge in [-0.2, -0.15) is 0 Å². The molecule has 1 aliphatic rings. The van der Waals surface area contributed by atoms with Crippen LogP contribution < -0.4 is 0 Å². The molecule has 3 atom stereocenters. The van der Waals surface area contributed by atoms with Gasteiger partial charge in [-0.1, -0.05) is 52.9 Å². The van der Waals surface area contributed by atoms with Crippen LogP contribution >= 0.6 is 0 Å². The Balaban J connectivity index is 1.95. The van der Waals surface area contributed by atoms with Crippen LogP contribution in [-0.2, 0) is 0 Å². The van der Waals surface area contributed by atoms with Crippen molar-refractivity contribution < 1.29 is 0 Å². The molecule has 0 aromatic carbocycles. The Morgan fingerprint density at radius 3 is 2.28 bits per heavy atom. The number of unbranched alkanes of at least 4 members (excludes halogenated alkanes) is 3. The average Bonchev–Trinajstić information content (AvgIpc) is 2.67. The summed E-state index contributed by atoms with van der Waals surface area (Å²) in [6.07, 6.45) is 11.4. The van der Waals surface area contributed by atoms with Crippen molar-refractivity contribution in [3.05, 3.63) is 0 Å². The van der Waals surface area contributed by atoms with Crippen molar-refractivity contribution >= 4 is 0 Å². The molecule has 3 unspecified atom stereocenters. The number of rotatable bonds is 9. The first-order valence-corrected chi connectivity index (χ1v) is 8.33. The SMILES string of the molecule is CCCCN(C)CCCCCC1CCC(C)C1C. The molecule has 0 spiro atoms. The van der Waals surface area contributed by atoms with E-state index in [2.05, 4.69) is 32.7 Å². The smallest absolute Gasteiger partial charge is 0.00218 e. The highest BCUT2D eigenvalue weighted by atomic mass is 15.1. The third-order valence-corrected chi connectivity index (χ3v) is 5.14. The minimum atomic E-state index is 0.982. The maximum atomic E-state index is 2.50. The second-order valence-corrected chi connectivity index (χ2v) is 6.68. The molecule has 1 fully saturated rings. The predicted molar refractivity (Wildman–Crippen MR) is 81.9 cm³/mol. The summed E-state index contributed by atoms with van der Waals surface area (Å²) in [5.41, 5.74) is 0. The molecule has 0 heterocycles. The van der Waals surface area contributed by atoms with Gasteiger partial charge in [-0.25, -0.2) is 0 Å². The van der Waals surface area contributed by atoms with Gasteiger partial charge < -0.3 is 4.90 Å². The zero-order valence-corrected chi connectivity index (χ0v) is 13.3. The highest BCUT2D eigenvalue weighted by Crippen LogP contribution is 2.39. The molecule has 0 saturated heterocycles. The lowest BCUT2D eigenvalue weighted by molar-refractivity contribution is 0.305. The third kappa shape index (κ3) is 5.73. The molecule has 0 N–H and O–H groups in total. The molecule has 0 amide bonds. The van der Waals surface area contributed by atoms with Crippen molar-refractivity contribution in [2.75, 3.05) is 20.1 Å². The van der Waals surface area contributed by atoms with Crippen LogP contribution in [0.15, 0.2) is 0 Å². The Labute approximate surface area is 115 Å². The van der Waals surface area contributed by atoms with Gasteiger partial charge in [0, 0.05) is 0 Å². The molecule has 1 heteroatoms. The number of nitrogens with zero attached hydrogens (tertiary/aromatic N) is 1. The second-order valence-electron chi connectivity index (χ2n) is 6.68. The fourth-order valence-corrected chi connectivity index (χ4v) is 3.38. The minimum absolute atomic E-state index is 0.982. The van der Waals surface area contributed by atoms with E-state index in [0.29, 0.717) is 0 Å². The van der Waals surface area contributed by atoms with E-state index in [0.717, 1.165) is 17.8 Å². The minimum Gasteiger partial charge on any atom is -0.306 e. The van der Waals surface area contributed by atoms with Crippen LogP contribution in [0.5, 0.6) is 0 Å². The van der Waals surface area contributed by atoms with Gasteiger partial charge in [-0.15, -0.1) is 0 Å². The lowest BCUT2D eigenvalue weighted by Gasteiger charge is -2.19. The molecule has 0 aromatic heterocycles. The van der Waals surface area contributed by atoms with Gasteiger partial charge in [0.1, 0.15) is 0 Å². The molecule has 1 aliphatic carbocycles. The van der Waals surface area contributed by atoms with E-state index in [1.54, 1.807) is 0 Å². The van der Waals surface area contributed by atoms with E-state index in [1.165, 1.54) is 64.5 Å². The Bertz CT molecular complexity index is 202. The predicted octanol–water partition coefficient (Wildman–Crippen LogP) is 4.96. The fraction of sp³-hybridized carbons (Fsp3) is 1.00. The van der Waals surface area contributed by atoms with Gasteiger partial charge >= 0.3 is 0 Å². The van der Waals surface area contributed by atoms with Crippen LogP contribution in [0.1, 0.15) is 72.1 Å². The summed E-state index contributed by atoms with van der Waals surface area (Å²) in [5.74, 6) is 3.00. The molecule has 0 radical (unpaired) electrons. The van der Waals surface area contributed by atoms with Gasteiger partial charge in [0.2, 0.25) is 0 Å². The van der Waals surface area contributed by atoms with Crippen molar-refractivity contribution in [2.24, 2.45) is 17.8 Å². The molecule has 108 valence electrons. The van der Waals surface area contributed by atoms with Gasteiger partial charge in [0.15, 0.2) is 0 Å². The van der Waals surface area contributed by atoms with E-state index >= 15 is 0 Å². The summed E-state index contributed by atoms with van der Waals surface area (Å²) in [4.78, 5) is 2.50. The maximum Gasteiger partial charge on any atom is -0.00218 e. The van der Waals surface area contributed by atoms with Gasteiger partial charge in [0.25, 0.3) is 0 Å². The van der Waals surface area contributed by atoms with E-state index in [4.69, 9.17) is 0 Å². The summed E-state index contributed by atoms with van der Waals surface area (Å²) in [7, 11) is 2.27. The Kier molecular flexibility index (Phi) is 7.97. The summed E-state index contributed by atoms with van der Waals surface area (Å²) in [6.45, 7) is 9.77. The van der Waals surface area contributed by atoms with Gasteiger partial charge in [0.05, 0.1) is 0 Å². The molecule has 1 rings (SSSR count). The van der Waals surface area contributed by atoms with E-state index in [-0.39, 0.29) is 0 Å². The molecule has 1 saturated carbocycles. The van der Waals surface area contributed by atoms with Crippen LogP contribution in [0.3, 0.4) is 0 Å². The molecule has 0 aliphatic heterocycles. The fourth-order valence-electron chi connectivity index (χ4n) is 3.38. The van der Waals surface area contributed by atoms with E-state index in [1.807, 2.05) is 0 Å². The van der Waals surface area contributed by atoms with Crippen molar-refractivity contribution in [1.82, 2.24) is 4.90 Å². The summed E-state index contributed by atoms with van der Waals surface area (Å²) >= 11 is 0. The molecule has 0 aromatic rings. The first kappa shape index (κ1) is 16.0. The molecular formula is C17H35N. The summed E-state index contributed by atoms with van der Waals surface area (Å²) in [5, 5.41) is 0. The first-order chi connectivity index (χ1) is 8.65. The summed E-state index contributed by atoms with van der Waals surface area (Å²) < 4.78 is 0. The van der Waals surface area contributed by atoms with Crippen LogP contribution in [0, 0.1) is 17.8 Å². The molecule has 18 heavy (non-hydrogen) atoms. The standard InChI is InChI=1S/C17H35N/c1-5-6-13-18(4)14-9-7-8-10-17-12-11-15(2)16(17)3/h15-17H,5-14H2,1-4H3. The Hall–Kier alpha value is -0.0400. The highest BCUT2D eigenvalue weighted by molar-refractivity contribution is 4.79. The zero-order valence-electron chi connectivity index (χ0n) is 13.3. The monoisotopic (exact) mass is 253 g/mol. The van der Waals surface area contributed by atoms with Crippen LogP contribution in [0.2, 0.25) is 0 Å². The normalized spacial score (nSPS) is 28.2. The Morgan fingerprint density at radius 1 is 0.944 bits per heavy atom. The van der Waals surface area contributed by atoms with Crippen molar-refractivity contribution in [3.8, 4) is 0 Å². The lowest BCUT2D eigenvalue weighted by Crippen LogP contribution is -2.20. The van der Waals surface area contributed by atoms with Crippen molar-refractivity contribution in [3.63, 3.8) is 0 Å². The molecule has 1 nitrogen and oxygen atoms in total. The quantitative estimate of drug-likeness (QED) is 0.525. The maximum absolute atomic E-state index is 2.50. The van der Waals surface area contributed by atoms with Crippen molar-refractivity contribution in [1.29, 1.82) is 0 Å². The third-order valence-electron chi connectivity index (χ3n) is 5.14. The van der Waals surface area contributed by atoms with Crippen LogP contribution in [0.4, 0.5) is 0 Å². The average molecular weight is 253 g/mol. The largest absolute Gasteiger partial charge is 0.306 e. The molecular weight excluding hydrogens is 218 g/mol. The lowest BCUT2D eigenvalue weighted by atomic mass is 9.88.